The van der Waals surface area contributed by atoms with Gasteiger partial charge in [-0.2, -0.15) is 11.3 Å². The van der Waals surface area contributed by atoms with Gasteiger partial charge in [-0.05, 0) is 35.7 Å². The van der Waals surface area contributed by atoms with Gasteiger partial charge in [-0.25, -0.2) is 22.5 Å². The Kier molecular flexibility index (Phi) is 5.52. The van der Waals surface area contributed by atoms with E-state index in [2.05, 4.69) is 4.98 Å². The lowest BCUT2D eigenvalue weighted by Crippen LogP contribution is -2.22. The molecule has 136 valence electrons. The smallest absolute Gasteiger partial charge is 0.338 e. The van der Waals surface area contributed by atoms with E-state index in [1.54, 1.807) is 11.3 Å². The van der Waals surface area contributed by atoms with Crippen LogP contribution in [0, 0.1) is 0 Å². The fraction of sp³-hybridized carbons (Fsp3) is 0.176. The van der Waals surface area contributed by atoms with Crippen molar-refractivity contribution >= 4 is 38.7 Å². The van der Waals surface area contributed by atoms with Crippen LogP contribution < -0.4 is 0 Å². The van der Waals surface area contributed by atoms with Crippen LogP contribution >= 0.6 is 22.7 Å². The Balaban J connectivity index is 1.64. The van der Waals surface area contributed by atoms with Crippen molar-refractivity contribution < 1.29 is 17.9 Å². The zero-order chi connectivity index (χ0) is 18.7. The van der Waals surface area contributed by atoms with E-state index in [-0.39, 0.29) is 17.1 Å². The van der Waals surface area contributed by atoms with Crippen molar-refractivity contribution in [2.24, 2.45) is 0 Å². The second-order valence-electron chi connectivity index (χ2n) is 5.54. The van der Waals surface area contributed by atoms with Crippen LogP contribution in [0.4, 0.5) is 0 Å². The third-order valence-electron chi connectivity index (χ3n) is 3.54. The Hall–Kier alpha value is -2.07. The number of carbonyl (C=O) groups excluding carboxylic acids is 1. The Morgan fingerprint density at radius 3 is 2.50 bits per heavy atom. The summed E-state index contributed by atoms with van der Waals surface area (Å²) in [6, 6.07) is 7.66. The van der Waals surface area contributed by atoms with Crippen LogP contribution in [0.3, 0.4) is 0 Å². The summed E-state index contributed by atoms with van der Waals surface area (Å²) in [5.74, 6) is -0.524. The lowest BCUT2D eigenvalue weighted by molar-refractivity contribution is 0.0468. The number of hydrogen-bond acceptors (Lipinski definition) is 7. The molecule has 26 heavy (non-hydrogen) atoms. The molecule has 0 atom stereocenters. The molecule has 2 heterocycles. The standard InChI is InChI=1S/C17H16N2O4S3/c1-19(2)26(21,22)15-5-3-12(4-6-15)17(20)23-9-14-11-25-16(18-14)13-7-8-24-10-13/h3-8,10-11H,9H2,1-2H3. The monoisotopic (exact) mass is 408 g/mol. The van der Waals surface area contributed by atoms with Gasteiger partial charge in [0, 0.05) is 30.4 Å². The summed E-state index contributed by atoms with van der Waals surface area (Å²) in [6.45, 7) is 0.0667. The Morgan fingerprint density at radius 2 is 1.88 bits per heavy atom. The van der Waals surface area contributed by atoms with E-state index in [1.165, 1.54) is 49.7 Å². The molecular weight excluding hydrogens is 392 g/mol. The molecule has 1 aromatic carbocycles. The van der Waals surface area contributed by atoms with Gasteiger partial charge in [0.1, 0.15) is 11.6 Å². The Morgan fingerprint density at radius 1 is 1.15 bits per heavy atom. The molecule has 3 aromatic rings. The fourth-order valence-corrected chi connectivity index (χ4v) is 4.51. The van der Waals surface area contributed by atoms with Gasteiger partial charge in [0.05, 0.1) is 16.2 Å². The highest BCUT2D eigenvalue weighted by molar-refractivity contribution is 7.89. The largest absolute Gasteiger partial charge is 0.456 e. The lowest BCUT2D eigenvalue weighted by Gasteiger charge is -2.11. The van der Waals surface area contributed by atoms with Crippen molar-refractivity contribution in [2.75, 3.05) is 14.1 Å². The predicted molar refractivity (Wildman–Crippen MR) is 102 cm³/mol. The van der Waals surface area contributed by atoms with E-state index in [9.17, 15) is 13.2 Å². The van der Waals surface area contributed by atoms with E-state index >= 15 is 0 Å². The average Bonchev–Trinajstić information content (AvgIpc) is 3.31. The number of esters is 1. The van der Waals surface area contributed by atoms with Crippen molar-refractivity contribution in [3.63, 3.8) is 0 Å². The Bertz CT molecular complexity index is 991. The molecule has 0 saturated heterocycles. The first kappa shape index (κ1) is 18.7. The van der Waals surface area contributed by atoms with Gasteiger partial charge in [0.25, 0.3) is 0 Å². The summed E-state index contributed by atoms with van der Waals surface area (Å²) < 4.78 is 30.4. The molecule has 0 bridgehead atoms. The van der Waals surface area contributed by atoms with Crippen molar-refractivity contribution in [2.45, 2.75) is 11.5 Å². The minimum atomic E-state index is -3.52. The van der Waals surface area contributed by atoms with Crippen LogP contribution in [0.15, 0.2) is 51.4 Å². The van der Waals surface area contributed by atoms with Crippen LogP contribution in [0.25, 0.3) is 10.6 Å². The number of thiazole rings is 1. The maximum absolute atomic E-state index is 12.1. The van der Waals surface area contributed by atoms with Gasteiger partial charge in [-0.3, -0.25) is 0 Å². The van der Waals surface area contributed by atoms with Crippen LogP contribution in [0.2, 0.25) is 0 Å². The van der Waals surface area contributed by atoms with Crippen LogP contribution in [-0.4, -0.2) is 37.8 Å². The number of rotatable bonds is 6. The summed E-state index contributed by atoms with van der Waals surface area (Å²) in [4.78, 5) is 16.7. The topological polar surface area (TPSA) is 76.6 Å². The molecular formula is C17H16N2O4S3. The van der Waals surface area contributed by atoms with Crippen molar-refractivity contribution in [3.8, 4) is 10.6 Å². The molecule has 0 fully saturated rings. The number of sulfonamides is 1. The summed E-state index contributed by atoms with van der Waals surface area (Å²) in [6.07, 6.45) is 0. The highest BCUT2D eigenvalue weighted by Gasteiger charge is 2.18. The number of hydrogen-bond donors (Lipinski definition) is 0. The maximum atomic E-state index is 12.1. The van der Waals surface area contributed by atoms with E-state index in [1.807, 2.05) is 22.2 Å². The number of ether oxygens (including phenoxy) is 1. The third-order valence-corrected chi connectivity index (χ3v) is 6.99. The summed E-state index contributed by atoms with van der Waals surface area (Å²) in [5.41, 5.74) is 2.02. The summed E-state index contributed by atoms with van der Waals surface area (Å²) >= 11 is 3.09. The van der Waals surface area contributed by atoms with Crippen molar-refractivity contribution in [1.29, 1.82) is 0 Å². The molecule has 6 nitrogen and oxygen atoms in total. The number of thiophene rings is 1. The molecule has 0 saturated carbocycles. The first-order valence-electron chi connectivity index (χ1n) is 7.54. The molecule has 2 aromatic heterocycles. The first-order valence-corrected chi connectivity index (χ1v) is 10.8. The summed E-state index contributed by atoms with van der Waals surface area (Å²) in [7, 11) is -0.612. The normalized spacial score (nSPS) is 11.7. The van der Waals surface area contributed by atoms with Crippen LogP contribution in [-0.2, 0) is 21.4 Å². The average molecular weight is 409 g/mol. The van der Waals surface area contributed by atoms with Gasteiger partial charge in [-0.1, -0.05) is 0 Å². The van der Waals surface area contributed by atoms with Gasteiger partial charge in [-0.15, -0.1) is 11.3 Å². The molecule has 0 N–H and O–H groups in total. The highest BCUT2D eigenvalue weighted by atomic mass is 32.2. The highest BCUT2D eigenvalue weighted by Crippen LogP contribution is 2.26. The number of nitrogens with zero attached hydrogens (tertiary/aromatic N) is 2. The lowest BCUT2D eigenvalue weighted by atomic mass is 10.2. The molecule has 0 aliphatic heterocycles. The Labute approximate surface area is 159 Å². The second-order valence-corrected chi connectivity index (χ2v) is 9.33. The zero-order valence-corrected chi connectivity index (χ0v) is 16.5. The SMILES string of the molecule is CN(C)S(=O)(=O)c1ccc(C(=O)OCc2csc(-c3ccsc3)n2)cc1. The number of benzene rings is 1. The van der Waals surface area contributed by atoms with Crippen LogP contribution in [0.1, 0.15) is 16.1 Å². The molecule has 0 aliphatic carbocycles. The molecule has 9 heteroatoms. The van der Waals surface area contributed by atoms with E-state index in [0.29, 0.717) is 5.69 Å². The number of carbonyl (C=O) groups is 1. The molecule has 0 spiro atoms. The van der Waals surface area contributed by atoms with Gasteiger partial charge >= 0.3 is 5.97 Å². The molecule has 0 radical (unpaired) electrons. The summed E-state index contributed by atoms with van der Waals surface area (Å²) in [5, 5.41) is 6.73. The van der Waals surface area contributed by atoms with E-state index in [0.717, 1.165) is 14.9 Å². The minimum Gasteiger partial charge on any atom is -0.456 e. The van der Waals surface area contributed by atoms with Gasteiger partial charge < -0.3 is 4.74 Å². The minimum absolute atomic E-state index is 0.0667. The fourth-order valence-electron chi connectivity index (χ4n) is 2.09. The molecule has 3 rings (SSSR count). The van der Waals surface area contributed by atoms with E-state index < -0.39 is 16.0 Å². The quantitative estimate of drug-likeness (QED) is 0.584. The number of aromatic nitrogens is 1. The van der Waals surface area contributed by atoms with Crippen molar-refractivity contribution in [1.82, 2.24) is 9.29 Å². The first-order chi connectivity index (χ1) is 12.4. The molecule has 0 unspecified atom stereocenters. The van der Waals surface area contributed by atoms with E-state index in [4.69, 9.17) is 4.74 Å². The van der Waals surface area contributed by atoms with Crippen molar-refractivity contribution in [3.05, 3.63) is 57.7 Å². The second kappa shape index (κ2) is 7.67. The van der Waals surface area contributed by atoms with Gasteiger partial charge in [0.15, 0.2) is 0 Å². The molecule has 0 amide bonds. The van der Waals surface area contributed by atoms with Gasteiger partial charge in [0.2, 0.25) is 10.0 Å². The predicted octanol–water partition coefficient (Wildman–Crippen LogP) is 3.48. The third kappa shape index (κ3) is 4.01. The molecule has 0 aliphatic rings. The zero-order valence-electron chi connectivity index (χ0n) is 14.1. The van der Waals surface area contributed by atoms with Crippen LogP contribution in [0.5, 0.6) is 0 Å². The maximum Gasteiger partial charge on any atom is 0.338 e.